The third-order valence-corrected chi connectivity index (χ3v) is 7.63. The van der Waals surface area contributed by atoms with E-state index < -0.39 is 53.0 Å². The second-order valence-corrected chi connectivity index (χ2v) is 10.2. The van der Waals surface area contributed by atoms with Crippen LogP contribution in [0, 0.1) is 11.7 Å². The number of hydrogen-bond acceptors (Lipinski definition) is 3. The van der Waals surface area contributed by atoms with E-state index in [4.69, 9.17) is 0 Å². The number of hydrogen-bond donors (Lipinski definition) is 1. The normalized spacial score (nSPS) is 20.0. The van der Waals surface area contributed by atoms with Crippen LogP contribution in [0.25, 0.3) is 0 Å². The zero-order valence-electron chi connectivity index (χ0n) is 22.2. The van der Waals surface area contributed by atoms with Crippen molar-refractivity contribution in [3.05, 3.63) is 65.0 Å². The number of rotatable bonds is 4. The topological polar surface area (TPSA) is 55.9 Å². The Kier molecular flexibility index (Phi) is 9.84. The van der Waals surface area contributed by atoms with Gasteiger partial charge in [-0.1, -0.05) is 12.1 Å². The molecule has 2 aliphatic rings. The van der Waals surface area contributed by atoms with E-state index in [1.54, 1.807) is 4.90 Å². The van der Waals surface area contributed by atoms with Crippen molar-refractivity contribution in [2.45, 2.75) is 37.2 Å². The van der Waals surface area contributed by atoms with Crippen molar-refractivity contribution in [2.75, 3.05) is 45.2 Å². The van der Waals surface area contributed by atoms with Crippen LogP contribution < -0.4 is 10.2 Å². The zero-order chi connectivity index (χ0) is 29.4. The first-order valence-electron chi connectivity index (χ1n) is 12.7. The van der Waals surface area contributed by atoms with Crippen LogP contribution in [-0.2, 0) is 17.1 Å². The van der Waals surface area contributed by atoms with E-state index in [2.05, 4.69) is 5.32 Å². The average Bonchev–Trinajstić information content (AvgIpc) is 3.36. The Balaban J connectivity index is 0.00000462. The van der Waals surface area contributed by atoms with E-state index in [0.29, 0.717) is 43.6 Å². The molecule has 2 aliphatic heterocycles. The molecule has 2 aromatic carbocycles. The van der Waals surface area contributed by atoms with E-state index in [1.165, 1.54) is 36.2 Å². The van der Waals surface area contributed by atoms with E-state index in [9.17, 15) is 40.3 Å². The fourth-order valence-electron chi connectivity index (χ4n) is 5.34. The van der Waals surface area contributed by atoms with Crippen molar-refractivity contribution in [2.24, 2.45) is 5.92 Å². The molecule has 0 radical (unpaired) electrons. The van der Waals surface area contributed by atoms with Crippen molar-refractivity contribution in [1.29, 1.82) is 0 Å². The van der Waals surface area contributed by atoms with Crippen LogP contribution >= 0.6 is 12.4 Å². The van der Waals surface area contributed by atoms with Gasteiger partial charge in [-0.15, -0.1) is 12.4 Å². The summed E-state index contributed by atoms with van der Waals surface area (Å²) in [5.41, 5.74) is -3.02. The van der Waals surface area contributed by atoms with Gasteiger partial charge in [-0.2, -0.15) is 26.3 Å². The van der Waals surface area contributed by atoms with Gasteiger partial charge < -0.3 is 15.1 Å². The van der Waals surface area contributed by atoms with Crippen molar-refractivity contribution < 1.29 is 40.3 Å². The maximum atomic E-state index is 13.6. The summed E-state index contributed by atoms with van der Waals surface area (Å²) in [5.74, 6) is -1.22. The largest absolute Gasteiger partial charge is 0.416 e. The fourth-order valence-corrected chi connectivity index (χ4v) is 5.34. The van der Waals surface area contributed by atoms with Crippen LogP contribution in [0.15, 0.2) is 42.5 Å². The molecule has 226 valence electrons. The van der Waals surface area contributed by atoms with Crippen LogP contribution in [0.3, 0.4) is 0 Å². The Morgan fingerprint density at radius 2 is 1.41 bits per heavy atom. The van der Waals surface area contributed by atoms with Gasteiger partial charge in [-0.25, -0.2) is 9.18 Å². The fraction of sp³-hybridized carbons (Fsp3) is 0.481. The van der Waals surface area contributed by atoms with Gasteiger partial charge >= 0.3 is 18.4 Å². The molecule has 6 nitrogen and oxygen atoms in total. The minimum absolute atomic E-state index is 0. The molecular formula is C27H30ClF7N4O2. The molecule has 2 atom stereocenters. The van der Waals surface area contributed by atoms with E-state index in [-0.39, 0.29) is 43.4 Å². The van der Waals surface area contributed by atoms with Crippen LogP contribution in [-0.4, -0.2) is 68.1 Å². The van der Waals surface area contributed by atoms with Gasteiger partial charge in [0.2, 0.25) is 5.91 Å². The number of likely N-dealkylation sites (tertiary alicyclic amines) is 1. The lowest BCUT2D eigenvalue weighted by atomic mass is 9.93. The van der Waals surface area contributed by atoms with Gasteiger partial charge in [-0.05, 0) is 61.8 Å². The molecule has 0 saturated carbocycles. The lowest BCUT2D eigenvalue weighted by Gasteiger charge is -2.33. The molecule has 0 aliphatic carbocycles. The number of nitrogens with one attached hydrogen (secondary N) is 1. The van der Waals surface area contributed by atoms with E-state index >= 15 is 0 Å². The number of carbonyl (C=O) groups is 2. The molecule has 0 bridgehead atoms. The lowest BCUT2D eigenvalue weighted by molar-refractivity contribution is -0.143. The zero-order valence-corrected chi connectivity index (χ0v) is 23.0. The Morgan fingerprint density at radius 1 is 0.878 bits per heavy atom. The number of carbonyl (C=O) groups excluding carboxylic acids is 2. The predicted octanol–water partition coefficient (Wildman–Crippen LogP) is 5.77. The second-order valence-electron chi connectivity index (χ2n) is 10.2. The van der Waals surface area contributed by atoms with Crippen LogP contribution in [0.4, 0.5) is 41.2 Å². The number of anilines is 1. The van der Waals surface area contributed by atoms with Crippen molar-refractivity contribution in [3.8, 4) is 0 Å². The van der Waals surface area contributed by atoms with Gasteiger partial charge in [0.05, 0.1) is 17.2 Å². The number of benzene rings is 2. The number of halogens is 8. The number of nitrogens with zero attached hydrogens (tertiary/aromatic N) is 3. The summed E-state index contributed by atoms with van der Waals surface area (Å²) in [6.07, 6.45) is -8.84. The monoisotopic (exact) mass is 610 g/mol. The van der Waals surface area contributed by atoms with Crippen LogP contribution in [0.5, 0.6) is 0 Å². The van der Waals surface area contributed by atoms with Gasteiger partial charge in [0, 0.05) is 44.7 Å². The standard InChI is InChI=1S/C27H29F7N4O2.ClH/c1-36(21-12-18(26(29,30)31)11-19(13-21)27(32,33)34)25(40)37(2)23-15-38(24(39)17-7-9-35-10-8-17)14-22(23)16-3-5-20(28)6-4-16;/h3-6,11-13,17,22-23,35H,7-10,14-15H2,1-2H3;1H/t22-,23+;/m0./s1. The molecule has 4 rings (SSSR count). The van der Waals surface area contributed by atoms with Crippen LogP contribution in [0.1, 0.15) is 35.4 Å². The molecule has 2 aromatic rings. The minimum atomic E-state index is -5.07. The van der Waals surface area contributed by atoms with Gasteiger partial charge in [0.25, 0.3) is 0 Å². The van der Waals surface area contributed by atoms with Gasteiger partial charge in [-0.3, -0.25) is 9.69 Å². The van der Waals surface area contributed by atoms with Gasteiger partial charge in [0.15, 0.2) is 0 Å². The summed E-state index contributed by atoms with van der Waals surface area (Å²) in [4.78, 5) is 30.4. The molecule has 41 heavy (non-hydrogen) atoms. The van der Waals surface area contributed by atoms with Crippen LogP contribution in [0.2, 0.25) is 0 Å². The molecule has 2 saturated heterocycles. The summed E-state index contributed by atoms with van der Waals surface area (Å²) < 4.78 is 94.0. The molecule has 2 heterocycles. The first kappa shape index (κ1) is 32.5. The molecule has 0 spiro atoms. The molecule has 14 heteroatoms. The number of urea groups is 1. The third-order valence-electron chi connectivity index (χ3n) is 7.63. The smallest absolute Gasteiger partial charge is 0.340 e. The third kappa shape index (κ3) is 7.24. The maximum absolute atomic E-state index is 13.6. The molecule has 0 unspecified atom stereocenters. The summed E-state index contributed by atoms with van der Waals surface area (Å²) in [6.45, 7) is 1.71. The predicted molar refractivity (Wildman–Crippen MR) is 140 cm³/mol. The summed E-state index contributed by atoms with van der Waals surface area (Å²) in [7, 11) is 2.48. The van der Waals surface area contributed by atoms with E-state index in [1.807, 2.05) is 0 Å². The Hall–Kier alpha value is -3.06. The van der Waals surface area contributed by atoms with Crippen molar-refractivity contribution >= 4 is 30.0 Å². The SMILES string of the molecule is CN(C(=O)N(C)[C@@H]1CN(C(=O)C2CCNCC2)C[C@H]1c1ccc(F)cc1)c1cc(C(F)(F)F)cc(C(F)(F)F)c1.Cl. The number of amides is 3. The number of alkyl halides is 6. The second kappa shape index (κ2) is 12.4. The minimum Gasteiger partial charge on any atom is -0.340 e. The highest BCUT2D eigenvalue weighted by Crippen LogP contribution is 2.39. The summed E-state index contributed by atoms with van der Waals surface area (Å²) in [5, 5.41) is 3.19. The highest BCUT2D eigenvalue weighted by molar-refractivity contribution is 5.92. The summed E-state index contributed by atoms with van der Waals surface area (Å²) >= 11 is 0. The highest BCUT2D eigenvalue weighted by atomic mass is 35.5. The Bertz CT molecular complexity index is 1200. The van der Waals surface area contributed by atoms with Crippen molar-refractivity contribution in [1.82, 2.24) is 15.1 Å². The molecule has 3 amide bonds. The highest BCUT2D eigenvalue weighted by Gasteiger charge is 2.43. The Morgan fingerprint density at radius 3 is 1.93 bits per heavy atom. The first-order chi connectivity index (χ1) is 18.7. The lowest BCUT2D eigenvalue weighted by Crippen LogP contribution is -2.48. The quantitative estimate of drug-likeness (QED) is 0.448. The number of likely N-dealkylation sites (N-methyl/N-ethyl adjacent to an activating group) is 1. The molecule has 0 aromatic heterocycles. The molecule has 1 N–H and O–H groups in total. The van der Waals surface area contributed by atoms with Crippen molar-refractivity contribution in [3.63, 3.8) is 0 Å². The van der Waals surface area contributed by atoms with Gasteiger partial charge in [0.1, 0.15) is 5.82 Å². The molecular weight excluding hydrogens is 581 g/mol. The number of piperidine rings is 1. The maximum Gasteiger partial charge on any atom is 0.416 e. The first-order valence-corrected chi connectivity index (χ1v) is 12.7. The average molecular weight is 611 g/mol. The van der Waals surface area contributed by atoms with E-state index in [0.717, 1.165) is 11.9 Å². The molecule has 2 fully saturated rings. The summed E-state index contributed by atoms with van der Waals surface area (Å²) in [6, 6.07) is 5.01. The Labute approximate surface area is 238 Å².